The van der Waals surface area contributed by atoms with Gasteiger partial charge in [-0.1, -0.05) is 0 Å². The van der Waals surface area contributed by atoms with E-state index in [0.29, 0.717) is 18.5 Å². The molecular weight excluding hydrogens is 395 g/mol. The van der Waals surface area contributed by atoms with Crippen molar-refractivity contribution in [2.75, 3.05) is 6.54 Å². The minimum atomic E-state index is -5.08. The number of imidazole rings is 1. The van der Waals surface area contributed by atoms with Crippen LogP contribution in [0.4, 0.5) is 13.2 Å². The predicted octanol–water partition coefficient (Wildman–Crippen LogP) is 2.17. The zero-order chi connectivity index (χ0) is 21.6. The normalized spacial score (nSPS) is 18.0. The molecule has 3 rings (SSSR count). The molecule has 0 aliphatic heterocycles. The van der Waals surface area contributed by atoms with Crippen molar-refractivity contribution in [1.82, 2.24) is 14.9 Å². The molecule has 29 heavy (non-hydrogen) atoms. The Morgan fingerprint density at radius 3 is 2.24 bits per heavy atom. The topological polar surface area (TPSA) is 122 Å². The molecule has 1 aromatic carbocycles. The number of alkyl halides is 3. The number of aliphatic carboxylic acids is 1. The number of carboxylic acid groups (broad SMARTS) is 1. The lowest BCUT2D eigenvalue weighted by Crippen LogP contribution is -2.39. The number of halogens is 3. The van der Waals surface area contributed by atoms with Crippen molar-refractivity contribution in [3.05, 3.63) is 48.5 Å². The summed E-state index contributed by atoms with van der Waals surface area (Å²) < 4.78 is 33.8. The Labute approximate surface area is 163 Å². The number of carboxylic acids is 1. The van der Waals surface area contributed by atoms with Gasteiger partial charge < -0.3 is 20.1 Å². The summed E-state index contributed by atoms with van der Waals surface area (Å²) in [5.74, 6) is -3.48. The molecule has 1 aromatic heterocycles. The third-order valence-electron chi connectivity index (χ3n) is 4.29. The van der Waals surface area contributed by atoms with Gasteiger partial charge in [-0.15, -0.1) is 0 Å². The lowest BCUT2D eigenvalue weighted by atomic mass is 9.80. The maximum atomic E-state index is 11.9. The lowest BCUT2D eigenvalue weighted by molar-refractivity contribution is -0.192. The van der Waals surface area contributed by atoms with Crippen LogP contribution in [0.25, 0.3) is 0 Å². The van der Waals surface area contributed by atoms with Crippen molar-refractivity contribution in [3.63, 3.8) is 0 Å². The van der Waals surface area contributed by atoms with Gasteiger partial charge in [-0.3, -0.25) is 9.59 Å². The van der Waals surface area contributed by atoms with Gasteiger partial charge in [0.15, 0.2) is 0 Å². The fourth-order valence-corrected chi connectivity index (χ4v) is 2.66. The van der Waals surface area contributed by atoms with Gasteiger partial charge in [-0.05, 0) is 43.0 Å². The number of ketones is 1. The first kappa shape index (κ1) is 21.9. The van der Waals surface area contributed by atoms with Crippen molar-refractivity contribution >= 4 is 17.7 Å². The van der Waals surface area contributed by atoms with E-state index in [9.17, 15) is 27.9 Å². The lowest BCUT2D eigenvalue weighted by Gasteiger charge is -2.36. The Balaban J connectivity index is 0.000000370. The number of benzene rings is 1. The number of hydrogen-bond acceptors (Lipinski definition) is 5. The van der Waals surface area contributed by atoms with Gasteiger partial charge in [0.25, 0.3) is 5.91 Å². The molecule has 8 nitrogen and oxygen atoms in total. The van der Waals surface area contributed by atoms with Crippen LogP contribution in [0.5, 0.6) is 5.75 Å². The van der Waals surface area contributed by atoms with Crippen LogP contribution in [-0.2, 0) is 9.59 Å². The monoisotopic (exact) mass is 413 g/mol. The molecule has 11 heteroatoms. The Hall–Kier alpha value is -3.37. The Morgan fingerprint density at radius 1 is 1.17 bits per heavy atom. The van der Waals surface area contributed by atoms with Crippen LogP contribution in [0.1, 0.15) is 29.2 Å². The summed E-state index contributed by atoms with van der Waals surface area (Å²) in [6.45, 7) is 0.508. The molecule has 1 heterocycles. The van der Waals surface area contributed by atoms with Gasteiger partial charge in [0, 0.05) is 30.5 Å². The Morgan fingerprint density at radius 2 is 1.76 bits per heavy atom. The highest BCUT2D eigenvalue weighted by molar-refractivity contribution is 6.42. The number of hydrogen-bond donors (Lipinski definition) is 3. The molecule has 1 aliphatic rings. The van der Waals surface area contributed by atoms with Crippen molar-refractivity contribution in [2.24, 2.45) is 5.92 Å². The molecule has 0 bridgehead atoms. The maximum Gasteiger partial charge on any atom is 0.490 e. The van der Waals surface area contributed by atoms with Crippen LogP contribution in [-0.4, -0.2) is 50.1 Å². The largest absolute Gasteiger partial charge is 0.508 e. The highest BCUT2D eigenvalue weighted by atomic mass is 19.4. The molecule has 0 spiro atoms. The number of aromatic nitrogens is 2. The van der Waals surface area contributed by atoms with Crippen LogP contribution >= 0.6 is 0 Å². The number of carbonyl (C=O) groups excluding carboxylic acids is 2. The second-order valence-corrected chi connectivity index (χ2v) is 6.39. The van der Waals surface area contributed by atoms with Crippen LogP contribution in [0.3, 0.4) is 0 Å². The highest BCUT2D eigenvalue weighted by Gasteiger charge is 2.38. The standard InChI is InChI=1S/C16H17N3O3.C2HF3O2/c20-14-3-1-12(2-4-14)15(21)16(22)18-9-11-7-13(8-11)19-6-5-17-10-19;3-2(4,5)1(6)7/h1-6,10-11,13,20H,7-9H2,(H,18,22);(H,6,7). The van der Waals surface area contributed by atoms with Crippen molar-refractivity contribution in [2.45, 2.75) is 25.1 Å². The number of phenols is 1. The SMILES string of the molecule is O=C(NCC1CC(n2ccnc2)C1)C(=O)c1ccc(O)cc1.O=C(O)C(F)(F)F. The van der Waals surface area contributed by atoms with E-state index in [1.165, 1.54) is 24.3 Å². The maximum absolute atomic E-state index is 11.9. The fourth-order valence-electron chi connectivity index (χ4n) is 2.66. The third-order valence-corrected chi connectivity index (χ3v) is 4.29. The van der Waals surface area contributed by atoms with Crippen LogP contribution in [0.15, 0.2) is 43.0 Å². The van der Waals surface area contributed by atoms with E-state index in [-0.39, 0.29) is 11.3 Å². The van der Waals surface area contributed by atoms with E-state index >= 15 is 0 Å². The van der Waals surface area contributed by atoms with Crippen LogP contribution in [0.2, 0.25) is 0 Å². The number of aromatic hydroxyl groups is 1. The van der Waals surface area contributed by atoms with Gasteiger partial charge in [-0.2, -0.15) is 13.2 Å². The van der Waals surface area contributed by atoms with Crippen molar-refractivity contribution in [3.8, 4) is 5.75 Å². The van der Waals surface area contributed by atoms with Gasteiger partial charge in [0.2, 0.25) is 5.78 Å². The first-order valence-corrected chi connectivity index (χ1v) is 8.47. The van der Waals surface area contributed by atoms with E-state index in [1.807, 2.05) is 6.20 Å². The number of amides is 1. The van der Waals surface area contributed by atoms with E-state index in [1.54, 1.807) is 12.5 Å². The molecule has 2 aromatic rings. The average Bonchev–Trinajstić information content (AvgIpc) is 3.14. The smallest absolute Gasteiger partial charge is 0.490 e. The molecule has 1 saturated carbocycles. The number of phenolic OH excluding ortho intramolecular Hbond substituents is 1. The second kappa shape index (κ2) is 9.22. The van der Waals surface area contributed by atoms with Crippen LogP contribution in [0, 0.1) is 5.92 Å². The number of carbonyl (C=O) groups is 3. The van der Waals surface area contributed by atoms with Gasteiger partial charge in [-0.25, -0.2) is 9.78 Å². The Bertz CT molecular complexity index is 845. The van der Waals surface area contributed by atoms with E-state index < -0.39 is 23.8 Å². The zero-order valence-electron chi connectivity index (χ0n) is 15.0. The molecule has 0 saturated heterocycles. The molecule has 156 valence electrons. The van der Waals surface area contributed by atoms with E-state index in [4.69, 9.17) is 9.90 Å². The van der Waals surface area contributed by atoms with Crippen molar-refractivity contribution in [1.29, 1.82) is 0 Å². The predicted molar refractivity (Wildman–Crippen MR) is 93.1 cm³/mol. The number of nitrogens with one attached hydrogen (secondary N) is 1. The molecule has 1 fully saturated rings. The summed E-state index contributed by atoms with van der Waals surface area (Å²) in [6, 6.07) is 6.10. The summed E-state index contributed by atoms with van der Waals surface area (Å²) >= 11 is 0. The average molecular weight is 413 g/mol. The zero-order valence-corrected chi connectivity index (χ0v) is 15.0. The molecule has 0 radical (unpaired) electrons. The van der Waals surface area contributed by atoms with Gasteiger partial charge >= 0.3 is 12.1 Å². The molecule has 3 N–H and O–H groups in total. The van der Waals surface area contributed by atoms with Gasteiger partial charge in [0.05, 0.1) is 6.33 Å². The molecule has 0 atom stereocenters. The summed E-state index contributed by atoms with van der Waals surface area (Å²) in [4.78, 5) is 36.7. The summed E-state index contributed by atoms with van der Waals surface area (Å²) in [5, 5.41) is 19.0. The van der Waals surface area contributed by atoms with Crippen molar-refractivity contribution < 1.29 is 37.8 Å². The molecule has 1 amide bonds. The fraction of sp³-hybridized carbons (Fsp3) is 0.333. The first-order valence-electron chi connectivity index (χ1n) is 8.47. The van der Waals surface area contributed by atoms with E-state index in [0.717, 1.165) is 12.8 Å². The van der Waals surface area contributed by atoms with Gasteiger partial charge in [0.1, 0.15) is 5.75 Å². The number of rotatable bonds is 5. The summed E-state index contributed by atoms with van der Waals surface area (Å²) in [5.41, 5.74) is 0.278. The summed E-state index contributed by atoms with van der Waals surface area (Å²) in [6.07, 6.45) is 2.36. The minimum Gasteiger partial charge on any atom is -0.508 e. The Kier molecular flexibility index (Phi) is 6.97. The van der Waals surface area contributed by atoms with Crippen LogP contribution < -0.4 is 5.32 Å². The number of Topliss-reactive ketones (excluding diaryl/α,β-unsaturated/α-hetero) is 1. The molecular formula is C18H18F3N3O5. The quantitative estimate of drug-likeness (QED) is 0.510. The third kappa shape index (κ3) is 6.33. The molecule has 0 unspecified atom stereocenters. The highest BCUT2D eigenvalue weighted by Crippen LogP contribution is 2.36. The molecule has 1 aliphatic carbocycles. The first-order chi connectivity index (χ1) is 13.6. The minimum absolute atomic E-state index is 0.0666. The second-order valence-electron chi connectivity index (χ2n) is 6.39. The van der Waals surface area contributed by atoms with E-state index in [2.05, 4.69) is 14.9 Å². The number of nitrogens with zero attached hydrogens (tertiary/aromatic N) is 2. The summed E-state index contributed by atoms with van der Waals surface area (Å²) in [7, 11) is 0.